The molecule has 1 aromatic heterocycles. The summed E-state index contributed by atoms with van der Waals surface area (Å²) >= 11 is 7.89. The van der Waals surface area contributed by atoms with Crippen molar-refractivity contribution >= 4 is 34.8 Å². The van der Waals surface area contributed by atoms with Gasteiger partial charge >= 0.3 is 0 Å². The van der Waals surface area contributed by atoms with Crippen LogP contribution in [0.1, 0.15) is 42.2 Å². The first-order chi connectivity index (χ1) is 15.0. The Morgan fingerprint density at radius 3 is 2.68 bits per heavy atom. The van der Waals surface area contributed by atoms with Crippen LogP contribution in [0.25, 0.3) is 0 Å². The highest BCUT2D eigenvalue weighted by atomic mass is 35.5. The molecule has 5 nitrogen and oxygen atoms in total. The third-order valence-electron chi connectivity index (χ3n) is 6.17. The Balaban J connectivity index is 1.44. The molecule has 4 rings (SSSR count). The number of nitrogens with one attached hydrogen (secondary N) is 1. The van der Waals surface area contributed by atoms with Crippen LogP contribution < -0.4 is 5.32 Å². The fraction of sp³-hybridized carbons (Fsp3) is 0.478. The van der Waals surface area contributed by atoms with Gasteiger partial charge in [-0.1, -0.05) is 23.7 Å². The average Bonchev–Trinajstić information content (AvgIpc) is 3.52. The van der Waals surface area contributed by atoms with Gasteiger partial charge in [0.05, 0.1) is 12.5 Å². The fourth-order valence-electron chi connectivity index (χ4n) is 4.61. The van der Waals surface area contributed by atoms with E-state index < -0.39 is 6.04 Å². The molecule has 0 aliphatic carbocycles. The molecule has 2 aromatic rings. The molecule has 166 valence electrons. The fourth-order valence-corrected chi connectivity index (χ4v) is 5.60. The molecule has 0 bridgehead atoms. The van der Waals surface area contributed by atoms with Gasteiger partial charge in [-0.3, -0.25) is 14.5 Å². The number of benzene rings is 1. The summed E-state index contributed by atoms with van der Waals surface area (Å²) in [7, 11) is 0. The average molecular weight is 464 g/mol. The first-order valence-electron chi connectivity index (χ1n) is 10.8. The van der Waals surface area contributed by atoms with E-state index in [1.54, 1.807) is 28.4 Å². The summed E-state index contributed by atoms with van der Waals surface area (Å²) < 4.78 is 14.7. The Morgan fingerprint density at radius 1 is 1.16 bits per heavy atom. The van der Waals surface area contributed by atoms with Gasteiger partial charge in [-0.25, -0.2) is 4.39 Å². The molecule has 8 heteroatoms. The Labute approximate surface area is 191 Å². The number of hydrogen-bond donors (Lipinski definition) is 1. The standard InChI is InChI=1S/C23H27ClFN3O2S/c24-17-7-3-8-18(25)22(17)20(27-10-1-2-11-27)15-26-23(30)19-9-4-12-28(19)21(29)14-16-6-5-13-31-16/h3,5-8,13,19-20H,1-2,4,9-12,14-15H2,(H,26,30). The Hall–Kier alpha value is -1.96. The highest BCUT2D eigenvalue weighted by Crippen LogP contribution is 2.32. The predicted octanol–water partition coefficient (Wildman–Crippen LogP) is 4.03. The van der Waals surface area contributed by atoms with Crippen LogP contribution in [0.4, 0.5) is 4.39 Å². The lowest BCUT2D eigenvalue weighted by molar-refractivity contribution is -0.138. The second-order valence-corrected chi connectivity index (χ2v) is 9.58. The summed E-state index contributed by atoms with van der Waals surface area (Å²) in [5.74, 6) is -0.547. The lowest BCUT2D eigenvalue weighted by Crippen LogP contribution is -2.48. The lowest BCUT2D eigenvalue weighted by atomic mass is 10.0. The van der Waals surface area contributed by atoms with Crippen LogP contribution in [0.5, 0.6) is 0 Å². The highest BCUT2D eigenvalue weighted by Gasteiger charge is 2.35. The quantitative estimate of drug-likeness (QED) is 0.674. The summed E-state index contributed by atoms with van der Waals surface area (Å²) in [4.78, 5) is 30.7. The number of likely N-dealkylation sites (tertiary alicyclic amines) is 2. The van der Waals surface area contributed by atoms with Crippen LogP contribution in [0.2, 0.25) is 5.02 Å². The second kappa shape index (κ2) is 10.1. The van der Waals surface area contributed by atoms with Gasteiger partial charge in [0.2, 0.25) is 11.8 Å². The Morgan fingerprint density at radius 2 is 1.97 bits per heavy atom. The monoisotopic (exact) mass is 463 g/mol. The van der Waals surface area contributed by atoms with E-state index >= 15 is 0 Å². The molecule has 2 saturated heterocycles. The van der Waals surface area contributed by atoms with Crippen LogP contribution in [-0.4, -0.2) is 53.8 Å². The minimum Gasteiger partial charge on any atom is -0.352 e. The SMILES string of the molecule is O=C(NCC(c1c(F)cccc1Cl)N1CCCC1)C1CCCN1C(=O)Cc1cccs1. The maximum absolute atomic E-state index is 14.7. The number of rotatable bonds is 7. The molecule has 1 N–H and O–H groups in total. The molecular weight excluding hydrogens is 437 g/mol. The van der Waals surface area contributed by atoms with Crippen LogP contribution in [0, 0.1) is 5.82 Å². The molecule has 0 radical (unpaired) electrons. The normalized spacial score (nSPS) is 20.2. The minimum atomic E-state index is -0.470. The molecule has 2 atom stereocenters. The first kappa shape index (κ1) is 22.2. The summed E-state index contributed by atoms with van der Waals surface area (Å²) in [6.07, 6.45) is 3.87. The summed E-state index contributed by atoms with van der Waals surface area (Å²) in [5.41, 5.74) is 0.434. The second-order valence-electron chi connectivity index (χ2n) is 8.14. The maximum atomic E-state index is 14.7. The van der Waals surface area contributed by atoms with Crippen molar-refractivity contribution in [1.29, 1.82) is 0 Å². The smallest absolute Gasteiger partial charge is 0.242 e. The van der Waals surface area contributed by atoms with Gasteiger partial charge in [0.1, 0.15) is 11.9 Å². The summed E-state index contributed by atoms with van der Waals surface area (Å²) in [5, 5.41) is 5.32. The van der Waals surface area contributed by atoms with Crippen molar-refractivity contribution in [2.45, 2.75) is 44.2 Å². The zero-order valence-corrected chi connectivity index (χ0v) is 18.9. The molecule has 1 aromatic carbocycles. The zero-order chi connectivity index (χ0) is 21.8. The van der Waals surface area contributed by atoms with E-state index in [0.717, 1.165) is 37.2 Å². The number of nitrogens with zero attached hydrogens (tertiary/aromatic N) is 2. The first-order valence-corrected chi connectivity index (χ1v) is 12.1. The van der Waals surface area contributed by atoms with Gasteiger partial charge in [-0.05, 0) is 62.4 Å². The Kier molecular flexibility index (Phi) is 7.25. The molecule has 3 heterocycles. The van der Waals surface area contributed by atoms with Crippen molar-refractivity contribution in [3.63, 3.8) is 0 Å². The summed E-state index contributed by atoms with van der Waals surface area (Å²) in [6, 6.07) is 7.76. The largest absolute Gasteiger partial charge is 0.352 e. The van der Waals surface area contributed by atoms with Gasteiger partial charge in [-0.15, -0.1) is 11.3 Å². The van der Waals surface area contributed by atoms with Crippen molar-refractivity contribution in [2.24, 2.45) is 0 Å². The van der Waals surface area contributed by atoms with Gasteiger partial charge in [0, 0.05) is 28.6 Å². The van der Waals surface area contributed by atoms with E-state index in [4.69, 9.17) is 11.6 Å². The van der Waals surface area contributed by atoms with Crippen molar-refractivity contribution in [3.8, 4) is 0 Å². The molecular formula is C23H27ClFN3O2S. The molecule has 0 spiro atoms. The van der Waals surface area contributed by atoms with E-state index in [1.165, 1.54) is 6.07 Å². The van der Waals surface area contributed by atoms with Crippen molar-refractivity contribution in [2.75, 3.05) is 26.2 Å². The van der Waals surface area contributed by atoms with E-state index in [0.29, 0.717) is 30.0 Å². The lowest BCUT2D eigenvalue weighted by Gasteiger charge is -2.30. The number of carbonyl (C=O) groups excluding carboxylic acids is 2. The molecule has 2 fully saturated rings. The number of amides is 2. The number of halogens is 2. The van der Waals surface area contributed by atoms with Gasteiger partial charge in [0.25, 0.3) is 0 Å². The van der Waals surface area contributed by atoms with Gasteiger partial charge in [0.15, 0.2) is 0 Å². The Bertz CT molecular complexity index is 897. The predicted molar refractivity (Wildman–Crippen MR) is 121 cm³/mol. The van der Waals surface area contributed by atoms with Crippen molar-refractivity contribution in [3.05, 3.63) is 57.0 Å². The van der Waals surface area contributed by atoms with E-state index in [-0.39, 0.29) is 30.2 Å². The highest BCUT2D eigenvalue weighted by molar-refractivity contribution is 7.10. The van der Waals surface area contributed by atoms with E-state index in [9.17, 15) is 14.0 Å². The molecule has 2 unspecified atom stereocenters. The molecule has 2 aliphatic heterocycles. The van der Waals surface area contributed by atoms with Crippen LogP contribution >= 0.6 is 22.9 Å². The van der Waals surface area contributed by atoms with Gasteiger partial charge in [-0.2, -0.15) is 0 Å². The number of hydrogen-bond acceptors (Lipinski definition) is 4. The van der Waals surface area contributed by atoms with Crippen LogP contribution in [-0.2, 0) is 16.0 Å². The third kappa shape index (κ3) is 5.10. The molecule has 0 saturated carbocycles. The maximum Gasteiger partial charge on any atom is 0.242 e. The molecule has 2 aliphatic rings. The third-order valence-corrected chi connectivity index (χ3v) is 7.37. The zero-order valence-electron chi connectivity index (χ0n) is 17.4. The minimum absolute atomic E-state index is 0.0201. The van der Waals surface area contributed by atoms with Crippen LogP contribution in [0.15, 0.2) is 35.7 Å². The van der Waals surface area contributed by atoms with Crippen molar-refractivity contribution < 1.29 is 14.0 Å². The molecule has 31 heavy (non-hydrogen) atoms. The number of thiophene rings is 1. The van der Waals surface area contributed by atoms with Crippen molar-refractivity contribution in [1.82, 2.24) is 15.1 Å². The van der Waals surface area contributed by atoms with Crippen LogP contribution in [0.3, 0.4) is 0 Å². The van der Waals surface area contributed by atoms with Gasteiger partial charge < -0.3 is 10.2 Å². The topological polar surface area (TPSA) is 52.7 Å². The van der Waals surface area contributed by atoms with E-state index in [1.807, 2.05) is 17.5 Å². The molecule has 2 amide bonds. The number of carbonyl (C=O) groups is 2. The van der Waals surface area contributed by atoms with E-state index in [2.05, 4.69) is 10.2 Å². The summed E-state index contributed by atoms with van der Waals surface area (Å²) in [6.45, 7) is 2.56.